The molecule has 0 spiro atoms. The fourth-order valence-corrected chi connectivity index (χ4v) is 4.00. The highest BCUT2D eigenvalue weighted by Crippen LogP contribution is 2.35. The third-order valence-electron chi connectivity index (χ3n) is 5.19. The second-order valence-electron chi connectivity index (χ2n) is 6.78. The summed E-state index contributed by atoms with van der Waals surface area (Å²) in [6.45, 7) is 4.57. The topological polar surface area (TPSA) is 82.2 Å². The van der Waals surface area contributed by atoms with E-state index in [1.165, 1.54) is 0 Å². The lowest BCUT2D eigenvalue weighted by Gasteiger charge is -2.37. The molecule has 2 bridgehead atoms. The van der Waals surface area contributed by atoms with E-state index in [0.29, 0.717) is 23.4 Å². The lowest BCUT2D eigenvalue weighted by Crippen LogP contribution is -2.44. The van der Waals surface area contributed by atoms with Crippen LogP contribution in [0.4, 0.5) is 5.82 Å². The molecule has 1 saturated heterocycles. The van der Waals surface area contributed by atoms with Crippen LogP contribution in [0.15, 0.2) is 23.0 Å². The normalized spacial score (nSPS) is 22.1. The van der Waals surface area contributed by atoms with E-state index < -0.39 is 0 Å². The minimum absolute atomic E-state index is 0.0399. The highest BCUT2D eigenvalue weighted by Gasteiger charge is 2.31. The first kappa shape index (κ1) is 15.2. The van der Waals surface area contributed by atoms with Crippen LogP contribution in [0.25, 0.3) is 11.1 Å². The van der Waals surface area contributed by atoms with Crippen molar-refractivity contribution < 1.29 is 4.74 Å². The number of hydrogen-bond donors (Lipinski definition) is 2. The van der Waals surface area contributed by atoms with Crippen molar-refractivity contribution in [3.05, 3.63) is 39.9 Å². The van der Waals surface area contributed by atoms with Crippen molar-refractivity contribution in [2.75, 3.05) is 25.9 Å². The molecular weight excluding hydrogens is 304 g/mol. The number of piperidine rings is 1. The quantitative estimate of drug-likeness (QED) is 0.874. The number of nitrogens with one attached hydrogen (secondary N) is 1. The number of rotatable bonds is 2. The number of aromatic nitrogens is 2. The number of aryl methyl sites for hydroxylation is 1. The van der Waals surface area contributed by atoms with Crippen molar-refractivity contribution >= 4 is 5.82 Å². The summed E-state index contributed by atoms with van der Waals surface area (Å²) in [7, 11) is 1.61. The van der Waals surface area contributed by atoms with Gasteiger partial charge in [0.25, 0.3) is 5.56 Å². The monoisotopic (exact) mass is 326 g/mol. The Balaban J connectivity index is 1.87. The molecule has 3 N–H and O–H groups in total. The van der Waals surface area contributed by atoms with Crippen LogP contribution >= 0.6 is 0 Å². The van der Waals surface area contributed by atoms with E-state index in [4.69, 9.17) is 10.5 Å². The molecule has 2 aliphatic rings. The Hall–Kier alpha value is -2.34. The SMILES string of the molecule is COc1cc(-c2cc3n(c(=O)c2)C[C@@H]2CNC[C@H]3C2)c(N)nc1C. The molecule has 2 atom stereocenters. The maximum atomic E-state index is 12.7. The van der Waals surface area contributed by atoms with E-state index >= 15 is 0 Å². The van der Waals surface area contributed by atoms with Gasteiger partial charge in [0.1, 0.15) is 11.6 Å². The number of ether oxygens (including phenoxy) is 1. The molecule has 2 aliphatic heterocycles. The standard InChI is InChI=1S/C18H22N4O2/c1-10-16(24-2)6-14(18(19)21-10)12-4-15-13-3-11(7-20-8-13)9-22(15)17(23)5-12/h4-6,11,13,20H,3,7-9H2,1-2H3,(H2,19,21)/t11-,13+/m0/s1. The summed E-state index contributed by atoms with van der Waals surface area (Å²) in [6, 6.07) is 5.63. The van der Waals surface area contributed by atoms with Crippen LogP contribution in [0.3, 0.4) is 0 Å². The first-order chi connectivity index (χ1) is 11.6. The maximum Gasteiger partial charge on any atom is 0.251 e. The molecule has 0 aliphatic carbocycles. The molecule has 6 nitrogen and oxygen atoms in total. The largest absolute Gasteiger partial charge is 0.495 e. The molecule has 2 aromatic rings. The van der Waals surface area contributed by atoms with E-state index in [2.05, 4.69) is 16.4 Å². The van der Waals surface area contributed by atoms with Crippen molar-refractivity contribution in [3.63, 3.8) is 0 Å². The third kappa shape index (κ3) is 2.38. The van der Waals surface area contributed by atoms with E-state index in [0.717, 1.165) is 48.6 Å². The van der Waals surface area contributed by atoms with Crippen LogP contribution in [0.1, 0.15) is 23.7 Å². The number of nitrogens with two attached hydrogens (primary N) is 1. The van der Waals surface area contributed by atoms with Crippen LogP contribution in [0.5, 0.6) is 5.75 Å². The summed E-state index contributed by atoms with van der Waals surface area (Å²) in [5.74, 6) is 2.03. The molecule has 1 fully saturated rings. The van der Waals surface area contributed by atoms with E-state index in [9.17, 15) is 4.79 Å². The number of nitrogen functional groups attached to an aromatic ring is 1. The first-order valence-corrected chi connectivity index (χ1v) is 8.33. The van der Waals surface area contributed by atoms with Crippen molar-refractivity contribution in [1.82, 2.24) is 14.9 Å². The average molecular weight is 326 g/mol. The Morgan fingerprint density at radius 2 is 2.17 bits per heavy atom. The van der Waals surface area contributed by atoms with Crippen LogP contribution in [-0.2, 0) is 6.54 Å². The lowest BCUT2D eigenvalue weighted by atomic mass is 9.83. The molecule has 0 aromatic carbocycles. The van der Waals surface area contributed by atoms with Gasteiger partial charge in [0.15, 0.2) is 0 Å². The molecule has 4 rings (SSSR count). The van der Waals surface area contributed by atoms with E-state index in [-0.39, 0.29) is 5.56 Å². The maximum absolute atomic E-state index is 12.7. The minimum Gasteiger partial charge on any atom is -0.495 e. The Labute approximate surface area is 140 Å². The van der Waals surface area contributed by atoms with Gasteiger partial charge in [-0.1, -0.05) is 0 Å². The van der Waals surface area contributed by atoms with Gasteiger partial charge in [-0.2, -0.15) is 0 Å². The van der Waals surface area contributed by atoms with Crippen molar-refractivity contribution in [2.45, 2.75) is 25.8 Å². The van der Waals surface area contributed by atoms with Gasteiger partial charge in [-0.15, -0.1) is 0 Å². The van der Waals surface area contributed by atoms with Gasteiger partial charge in [-0.05, 0) is 43.5 Å². The highest BCUT2D eigenvalue weighted by atomic mass is 16.5. The van der Waals surface area contributed by atoms with Crippen molar-refractivity contribution in [3.8, 4) is 16.9 Å². The number of methoxy groups -OCH3 is 1. The molecular formula is C18H22N4O2. The van der Waals surface area contributed by atoms with Crippen molar-refractivity contribution in [1.29, 1.82) is 0 Å². The summed E-state index contributed by atoms with van der Waals surface area (Å²) in [6.07, 6.45) is 1.14. The predicted molar refractivity (Wildman–Crippen MR) is 93.4 cm³/mol. The second-order valence-corrected chi connectivity index (χ2v) is 6.78. The molecule has 0 unspecified atom stereocenters. The molecule has 4 heterocycles. The van der Waals surface area contributed by atoms with Crippen molar-refractivity contribution in [2.24, 2.45) is 5.92 Å². The fraction of sp³-hybridized carbons (Fsp3) is 0.444. The minimum atomic E-state index is 0.0399. The average Bonchev–Trinajstić information content (AvgIpc) is 2.56. The number of fused-ring (bicyclic) bond motifs is 4. The molecule has 0 amide bonds. The van der Waals surface area contributed by atoms with Crippen LogP contribution < -0.4 is 21.3 Å². The number of pyridine rings is 2. The summed E-state index contributed by atoms with van der Waals surface area (Å²) < 4.78 is 7.29. The summed E-state index contributed by atoms with van der Waals surface area (Å²) in [5, 5.41) is 3.47. The van der Waals surface area contributed by atoms with Gasteiger partial charge >= 0.3 is 0 Å². The van der Waals surface area contributed by atoms with Gasteiger partial charge in [0, 0.05) is 36.3 Å². The summed E-state index contributed by atoms with van der Waals surface area (Å²) >= 11 is 0. The van der Waals surface area contributed by atoms with Gasteiger partial charge < -0.3 is 20.4 Å². The summed E-state index contributed by atoms with van der Waals surface area (Å²) in [5.41, 5.74) is 9.57. The zero-order valence-corrected chi connectivity index (χ0v) is 14.0. The Kier molecular flexibility index (Phi) is 3.57. The molecule has 24 heavy (non-hydrogen) atoms. The lowest BCUT2D eigenvalue weighted by molar-refractivity contribution is 0.257. The Morgan fingerprint density at radius 1 is 1.33 bits per heavy atom. The van der Waals surface area contributed by atoms with Gasteiger partial charge in [-0.25, -0.2) is 4.98 Å². The molecule has 0 saturated carbocycles. The smallest absolute Gasteiger partial charge is 0.251 e. The zero-order valence-electron chi connectivity index (χ0n) is 14.0. The second kappa shape index (κ2) is 5.63. The zero-order chi connectivity index (χ0) is 16.8. The van der Waals surface area contributed by atoms with Gasteiger partial charge in [0.2, 0.25) is 0 Å². The molecule has 2 aromatic heterocycles. The van der Waals surface area contributed by atoms with E-state index in [1.54, 1.807) is 13.2 Å². The number of anilines is 1. The van der Waals surface area contributed by atoms with Crippen LogP contribution in [0, 0.1) is 12.8 Å². The van der Waals surface area contributed by atoms with E-state index in [1.807, 2.05) is 17.6 Å². The Morgan fingerprint density at radius 3 is 2.96 bits per heavy atom. The highest BCUT2D eigenvalue weighted by molar-refractivity contribution is 5.75. The molecule has 0 radical (unpaired) electrons. The predicted octanol–water partition coefficient (Wildman–Crippen LogP) is 1.52. The molecule has 126 valence electrons. The number of hydrogen-bond acceptors (Lipinski definition) is 5. The Bertz CT molecular complexity index is 859. The van der Waals surface area contributed by atoms with Gasteiger partial charge in [-0.3, -0.25) is 4.79 Å². The fourth-order valence-electron chi connectivity index (χ4n) is 4.00. The van der Waals surface area contributed by atoms with Gasteiger partial charge in [0.05, 0.1) is 12.8 Å². The number of nitrogens with zero attached hydrogens (tertiary/aromatic N) is 2. The summed E-state index contributed by atoms with van der Waals surface area (Å²) in [4.78, 5) is 17.0. The first-order valence-electron chi connectivity index (χ1n) is 8.33. The molecule has 6 heteroatoms. The van der Waals surface area contributed by atoms with Crippen LogP contribution in [-0.4, -0.2) is 29.8 Å². The third-order valence-corrected chi connectivity index (χ3v) is 5.19. The van der Waals surface area contributed by atoms with Crippen LogP contribution in [0.2, 0.25) is 0 Å².